The Bertz CT molecular complexity index is 728. The van der Waals surface area contributed by atoms with Gasteiger partial charge in [0.2, 0.25) is 0 Å². The molecule has 1 N–H and O–H groups in total. The molecule has 0 radical (unpaired) electrons. The van der Waals surface area contributed by atoms with Crippen LogP contribution in [0.3, 0.4) is 0 Å². The van der Waals surface area contributed by atoms with Crippen LogP contribution in [0.15, 0.2) is 48.5 Å². The maximum atomic E-state index is 12.0. The molecule has 0 spiro atoms. The molecular formula is C19H21ClN2O3. The summed E-state index contributed by atoms with van der Waals surface area (Å²) in [5.74, 6) is -0.956. The SMILES string of the molecule is CCN(CC)c1ccc(C(=O)OCC(=O)Nc2cccc(Cl)c2)cc1. The lowest BCUT2D eigenvalue weighted by molar-refractivity contribution is -0.119. The standard InChI is InChI=1S/C19H21ClN2O3/c1-3-22(4-2)17-10-8-14(9-11-17)19(24)25-13-18(23)21-16-7-5-6-15(20)12-16/h5-12H,3-4,13H2,1-2H3,(H,21,23). The number of carbonyl (C=O) groups excluding carboxylic acids is 2. The third-order valence-corrected chi connectivity index (χ3v) is 3.91. The van der Waals surface area contributed by atoms with Crippen molar-refractivity contribution in [1.29, 1.82) is 0 Å². The van der Waals surface area contributed by atoms with Gasteiger partial charge in [0.1, 0.15) is 0 Å². The number of halogens is 1. The van der Waals surface area contributed by atoms with Crippen molar-refractivity contribution in [2.45, 2.75) is 13.8 Å². The van der Waals surface area contributed by atoms with Crippen molar-refractivity contribution in [1.82, 2.24) is 0 Å². The minimum absolute atomic E-state index is 0.358. The maximum absolute atomic E-state index is 12.0. The minimum atomic E-state index is -0.535. The Balaban J connectivity index is 1.88. The van der Waals surface area contributed by atoms with Gasteiger partial charge in [0.05, 0.1) is 5.56 Å². The van der Waals surface area contributed by atoms with E-state index in [4.69, 9.17) is 16.3 Å². The van der Waals surface area contributed by atoms with Crippen molar-refractivity contribution in [3.05, 3.63) is 59.1 Å². The number of hydrogen-bond acceptors (Lipinski definition) is 4. The normalized spacial score (nSPS) is 10.2. The van der Waals surface area contributed by atoms with Gasteiger partial charge in [-0.15, -0.1) is 0 Å². The Labute approximate surface area is 152 Å². The summed E-state index contributed by atoms with van der Waals surface area (Å²) >= 11 is 5.85. The van der Waals surface area contributed by atoms with E-state index in [2.05, 4.69) is 24.1 Å². The Morgan fingerprint density at radius 2 is 1.76 bits per heavy atom. The third kappa shape index (κ3) is 5.50. The van der Waals surface area contributed by atoms with Crippen LogP contribution >= 0.6 is 11.6 Å². The number of benzene rings is 2. The lowest BCUT2D eigenvalue weighted by Crippen LogP contribution is -2.22. The summed E-state index contributed by atoms with van der Waals surface area (Å²) < 4.78 is 5.05. The Morgan fingerprint density at radius 3 is 2.36 bits per heavy atom. The first-order valence-corrected chi connectivity index (χ1v) is 8.48. The largest absolute Gasteiger partial charge is 0.452 e. The highest BCUT2D eigenvalue weighted by molar-refractivity contribution is 6.30. The molecule has 6 heteroatoms. The monoisotopic (exact) mass is 360 g/mol. The first-order valence-electron chi connectivity index (χ1n) is 8.11. The van der Waals surface area contributed by atoms with Gasteiger partial charge in [0.15, 0.2) is 6.61 Å². The topological polar surface area (TPSA) is 58.6 Å². The molecular weight excluding hydrogens is 340 g/mol. The van der Waals surface area contributed by atoms with Crippen LogP contribution in [0.25, 0.3) is 0 Å². The summed E-state index contributed by atoms with van der Waals surface area (Å²) in [4.78, 5) is 26.1. The molecule has 132 valence electrons. The number of ether oxygens (including phenoxy) is 1. The van der Waals surface area contributed by atoms with Crippen LogP contribution in [-0.2, 0) is 9.53 Å². The molecule has 0 aromatic heterocycles. The molecule has 0 atom stereocenters. The van der Waals surface area contributed by atoms with E-state index in [-0.39, 0.29) is 6.61 Å². The fourth-order valence-electron chi connectivity index (χ4n) is 2.37. The van der Waals surface area contributed by atoms with Gasteiger partial charge in [-0.05, 0) is 56.3 Å². The van der Waals surface area contributed by atoms with Crippen molar-refractivity contribution in [3.63, 3.8) is 0 Å². The molecule has 0 saturated carbocycles. The zero-order valence-corrected chi connectivity index (χ0v) is 15.0. The molecule has 0 aliphatic rings. The van der Waals surface area contributed by atoms with E-state index in [1.165, 1.54) is 0 Å². The number of esters is 1. The number of nitrogens with zero attached hydrogens (tertiary/aromatic N) is 1. The highest BCUT2D eigenvalue weighted by Gasteiger charge is 2.11. The Morgan fingerprint density at radius 1 is 1.08 bits per heavy atom. The molecule has 1 amide bonds. The van der Waals surface area contributed by atoms with Crippen LogP contribution in [0.2, 0.25) is 5.02 Å². The molecule has 2 rings (SSSR count). The Hall–Kier alpha value is -2.53. The fraction of sp³-hybridized carbons (Fsp3) is 0.263. The van der Waals surface area contributed by atoms with Gasteiger partial charge in [-0.2, -0.15) is 0 Å². The van der Waals surface area contributed by atoms with E-state index < -0.39 is 11.9 Å². The van der Waals surface area contributed by atoms with Gasteiger partial charge < -0.3 is 15.0 Å². The first-order chi connectivity index (χ1) is 12.0. The lowest BCUT2D eigenvalue weighted by Gasteiger charge is -2.20. The molecule has 5 nitrogen and oxygen atoms in total. The van der Waals surface area contributed by atoms with E-state index in [1.807, 2.05) is 12.1 Å². The van der Waals surface area contributed by atoms with Crippen molar-refractivity contribution in [3.8, 4) is 0 Å². The minimum Gasteiger partial charge on any atom is -0.452 e. The summed E-state index contributed by atoms with van der Waals surface area (Å²) in [5, 5.41) is 3.14. The smallest absolute Gasteiger partial charge is 0.338 e. The highest BCUT2D eigenvalue weighted by atomic mass is 35.5. The molecule has 25 heavy (non-hydrogen) atoms. The molecule has 0 aliphatic carbocycles. The number of hydrogen-bond donors (Lipinski definition) is 1. The van der Waals surface area contributed by atoms with Crippen molar-refractivity contribution in [2.24, 2.45) is 0 Å². The molecule has 0 aliphatic heterocycles. The number of anilines is 2. The summed E-state index contributed by atoms with van der Waals surface area (Å²) in [6.45, 7) is 5.57. The van der Waals surface area contributed by atoms with E-state index in [1.54, 1.807) is 36.4 Å². The van der Waals surface area contributed by atoms with Crippen LogP contribution in [0.5, 0.6) is 0 Å². The molecule has 0 heterocycles. The number of rotatable bonds is 7. The van der Waals surface area contributed by atoms with Crippen LogP contribution in [-0.4, -0.2) is 31.6 Å². The number of carbonyl (C=O) groups is 2. The Kier molecular flexibility index (Phi) is 6.83. The molecule has 0 bridgehead atoms. The quantitative estimate of drug-likeness (QED) is 0.759. The van der Waals surface area contributed by atoms with Crippen molar-refractivity contribution >= 4 is 34.9 Å². The second-order valence-corrected chi connectivity index (χ2v) is 5.79. The van der Waals surface area contributed by atoms with E-state index in [9.17, 15) is 9.59 Å². The second kappa shape index (κ2) is 9.08. The van der Waals surface area contributed by atoms with E-state index >= 15 is 0 Å². The van der Waals surface area contributed by atoms with Crippen LogP contribution in [0.1, 0.15) is 24.2 Å². The van der Waals surface area contributed by atoms with E-state index in [0.717, 1.165) is 18.8 Å². The summed E-state index contributed by atoms with van der Waals surface area (Å²) in [6, 6.07) is 13.9. The fourth-order valence-corrected chi connectivity index (χ4v) is 2.57. The predicted octanol–water partition coefficient (Wildman–Crippen LogP) is 3.98. The molecule has 2 aromatic rings. The average molecular weight is 361 g/mol. The van der Waals surface area contributed by atoms with Gasteiger partial charge in [-0.1, -0.05) is 17.7 Å². The van der Waals surface area contributed by atoms with Gasteiger partial charge in [-0.3, -0.25) is 4.79 Å². The summed E-state index contributed by atoms with van der Waals surface area (Å²) in [6.07, 6.45) is 0. The maximum Gasteiger partial charge on any atom is 0.338 e. The third-order valence-electron chi connectivity index (χ3n) is 3.67. The average Bonchev–Trinajstić information content (AvgIpc) is 2.61. The second-order valence-electron chi connectivity index (χ2n) is 5.35. The zero-order chi connectivity index (χ0) is 18.2. The van der Waals surface area contributed by atoms with Crippen LogP contribution in [0, 0.1) is 0 Å². The highest BCUT2D eigenvalue weighted by Crippen LogP contribution is 2.16. The van der Waals surface area contributed by atoms with Crippen molar-refractivity contribution in [2.75, 3.05) is 29.9 Å². The molecule has 0 unspecified atom stereocenters. The summed E-state index contributed by atoms with van der Waals surface area (Å²) in [7, 11) is 0. The lowest BCUT2D eigenvalue weighted by atomic mass is 10.2. The first kappa shape index (κ1) is 18.8. The van der Waals surface area contributed by atoms with Gasteiger partial charge in [-0.25, -0.2) is 4.79 Å². The zero-order valence-electron chi connectivity index (χ0n) is 14.3. The molecule has 0 fully saturated rings. The summed E-state index contributed by atoms with van der Waals surface area (Å²) in [5.41, 5.74) is 2.00. The van der Waals surface area contributed by atoms with E-state index in [0.29, 0.717) is 16.3 Å². The van der Waals surface area contributed by atoms with Gasteiger partial charge in [0.25, 0.3) is 5.91 Å². The van der Waals surface area contributed by atoms with Gasteiger partial charge >= 0.3 is 5.97 Å². The van der Waals surface area contributed by atoms with Crippen molar-refractivity contribution < 1.29 is 14.3 Å². The van der Waals surface area contributed by atoms with Crippen LogP contribution in [0.4, 0.5) is 11.4 Å². The predicted molar refractivity (Wildman–Crippen MR) is 100 cm³/mol. The number of amides is 1. The number of nitrogens with one attached hydrogen (secondary N) is 1. The molecule has 2 aromatic carbocycles. The molecule has 0 saturated heterocycles. The van der Waals surface area contributed by atoms with Crippen LogP contribution < -0.4 is 10.2 Å². The van der Waals surface area contributed by atoms with Gasteiger partial charge in [0, 0.05) is 29.5 Å².